The van der Waals surface area contributed by atoms with Crippen molar-refractivity contribution < 1.29 is 0 Å². The van der Waals surface area contributed by atoms with E-state index >= 15 is 0 Å². The molecule has 0 radical (unpaired) electrons. The second-order valence-corrected chi connectivity index (χ2v) is 7.95. The van der Waals surface area contributed by atoms with E-state index in [-0.39, 0.29) is 11.5 Å². The van der Waals surface area contributed by atoms with Crippen molar-refractivity contribution in [3.63, 3.8) is 0 Å². The summed E-state index contributed by atoms with van der Waals surface area (Å²) in [5.41, 5.74) is 1.07. The van der Waals surface area contributed by atoms with E-state index in [0.29, 0.717) is 5.92 Å². The summed E-state index contributed by atoms with van der Waals surface area (Å²) in [7, 11) is 0. The molecule has 2 aromatic heterocycles. The van der Waals surface area contributed by atoms with Crippen LogP contribution in [0.1, 0.15) is 70.0 Å². The number of thiazole rings is 1. The van der Waals surface area contributed by atoms with Crippen LogP contribution in [0, 0.1) is 0 Å². The Hall–Kier alpha value is -1.01. The SMILES string of the molecule is CC(C)c1nc(C(C)Nc2nc(C(C)(C)C)ns2)cs1. The van der Waals surface area contributed by atoms with Crippen LogP contribution in [-0.2, 0) is 5.41 Å². The highest BCUT2D eigenvalue weighted by molar-refractivity contribution is 7.10. The van der Waals surface area contributed by atoms with Gasteiger partial charge in [0, 0.05) is 28.2 Å². The molecule has 0 aromatic carbocycles. The van der Waals surface area contributed by atoms with Gasteiger partial charge in [-0.3, -0.25) is 0 Å². The smallest absolute Gasteiger partial charge is 0.203 e. The number of nitrogens with zero attached hydrogens (tertiary/aromatic N) is 3. The second-order valence-electron chi connectivity index (χ2n) is 6.30. The van der Waals surface area contributed by atoms with E-state index in [1.165, 1.54) is 16.5 Å². The Morgan fingerprint density at radius 2 is 1.85 bits per heavy atom. The van der Waals surface area contributed by atoms with Gasteiger partial charge in [0.25, 0.3) is 0 Å². The van der Waals surface area contributed by atoms with Gasteiger partial charge in [0.05, 0.1) is 16.7 Å². The van der Waals surface area contributed by atoms with Gasteiger partial charge in [-0.25, -0.2) is 9.97 Å². The molecule has 2 rings (SSSR count). The number of anilines is 1. The summed E-state index contributed by atoms with van der Waals surface area (Å²) in [4.78, 5) is 9.23. The van der Waals surface area contributed by atoms with Gasteiger partial charge in [0.1, 0.15) is 5.82 Å². The van der Waals surface area contributed by atoms with Crippen molar-refractivity contribution in [2.45, 2.75) is 58.9 Å². The monoisotopic (exact) mass is 310 g/mol. The van der Waals surface area contributed by atoms with Crippen LogP contribution < -0.4 is 5.32 Å². The Morgan fingerprint density at radius 3 is 2.35 bits per heavy atom. The first-order chi connectivity index (χ1) is 9.27. The summed E-state index contributed by atoms with van der Waals surface area (Å²) in [5.74, 6) is 1.37. The molecule has 6 heteroatoms. The van der Waals surface area contributed by atoms with Crippen molar-refractivity contribution in [2.24, 2.45) is 0 Å². The van der Waals surface area contributed by atoms with Crippen molar-refractivity contribution >= 4 is 28.0 Å². The van der Waals surface area contributed by atoms with Crippen LogP contribution in [0.4, 0.5) is 5.13 Å². The first-order valence-corrected chi connectivity index (χ1v) is 8.48. The first kappa shape index (κ1) is 15.4. The number of hydrogen-bond donors (Lipinski definition) is 1. The van der Waals surface area contributed by atoms with Crippen LogP contribution in [0.3, 0.4) is 0 Å². The summed E-state index contributed by atoms with van der Waals surface area (Å²) in [6.45, 7) is 12.8. The van der Waals surface area contributed by atoms with Crippen LogP contribution in [0.15, 0.2) is 5.38 Å². The zero-order valence-corrected chi connectivity index (χ0v) is 14.5. The minimum absolute atomic E-state index is 0.00882. The Balaban J connectivity index is 2.07. The molecule has 0 aliphatic rings. The lowest BCUT2D eigenvalue weighted by Crippen LogP contribution is -2.13. The minimum Gasteiger partial charge on any atom is -0.352 e. The van der Waals surface area contributed by atoms with E-state index in [9.17, 15) is 0 Å². The summed E-state index contributed by atoms with van der Waals surface area (Å²) < 4.78 is 4.42. The van der Waals surface area contributed by atoms with Gasteiger partial charge in [-0.05, 0) is 6.92 Å². The summed E-state index contributed by atoms with van der Waals surface area (Å²) in [6, 6.07) is 0.152. The molecule has 0 amide bonds. The van der Waals surface area contributed by atoms with Crippen LogP contribution in [0.25, 0.3) is 0 Å². The fourth-order valence-electron chi connectivity index (χ4n) is 1.61. The van der Waals surface area contributed by atoms with Crippen molar-refractivity contribution in [1.29, 1.82) is 0 Å². The quantitative estimate of drug-likeness (QED) is 0.897. The van der Waals surface area contributed by atoms with Gasteiger partial charge in [-0.15, -0.1) is 11.3 Å². The van der Waals surface area contributed by atoms with Crippen LogP contribution in [-0.4, -0.2) is 14.3 Å². The fourth-order valence-corrected chi connectivity index (χ4v) is 3.38. The zero-order chi connectivity index (χ0) is 14.9. The third kappa shape index (κ3) is 3.55. The molecule has 0 spiro atoms. The third-order valence-corrected chi connectivity index (χ3v) is 4.72. The highest BCUT2D eigenvalue weighted by Gasteiger charge is 2.20. The Bertz CT molecular complexity index is 566. The molecule has 1 atom stereocenters. The van der Waals surface area contributed by atoms with E-state index in [4.69, 9.17) is 0 Å². The summed E-state index contributed by atoms with van der Waals surface area (Å²) in [6.07, 6.45) is 0. The van der Waals surface area contributed by atoms with Gasteiger partial charge >= 0.3 is 0 Å². The molecule has 0 saturated carbocycles. The molecule has 0 aliphatic heterocycles. The normalized spacial score (nSPS) is 13.8. The van der Waals surface area contributed by atoms with Crippen LogP contribution in [0.2, 0.25) is 0 Å². The molecule has 0 fully saturated rings. The molecule has 1 N–H and O–H groups in total. The standard InChI is InChI=1S/C14H22N4S2/c1-8(2)11-16-10(7-19-11)9(3)15-13-17-12(18-20-13)14(4,5)6/h7-9H,1-6H3,(H,15,17,18). The molecular formula is C14H22N4S2. The molecule has 110 valence electrons. The summed E-state index contributed by atoms with van der Waals surface area (Å²) in [5, 5.41) is 7.56. The second kappa shape index (κ2) is 5.77. The zero-order valence-electron chi connectivity index (χ0n) is 12.9. The maximum absolute atomic E-state index is 4.67. The predicted molar refractivity (Wildman–Crippen MR) is 86.8 cm³/mol. The lowest BCUT2D eigenvalue weighted by Gasteiger charge is -2.13. The lowest BCUT2D eigenvalue weighted by molar-refractivity contribution is 0.555. The van der Waals surface area contributed by atoms with Crippen molar-refractivity contribution in [1.82, 2.24) is 14.3 Å². The fraction of sp³-hybridized carbons (Fsp3) is 0.643. The molecule has 1 unspecified atom stereocenters. The molecule has 4 nitrogen and oxygen atoms in total. The topological polar surface area (TPSA) is 50.7 Å². The number of aromatic nitrogens is 3. The number of nitrogens with one attached hydrogen (secondary N) is 1. The van der Waals surface area contributed by atoms with E-state index in [2.05, 4.69) is 66.6 Å². The number of rotatable bonds is 4. The molecule has 2 heterocycles. The maximum Gasteiger partial charge on any atom is 0.203 e. The predicted octanol–water partition coefficient (Wildman–Crippen LogP) is 4.59. The largest absolute Gasteiger partial charge is 0.352 e. The van der Waals surface area contributed by atoms with Gasteiger partial charge in [-0.1, -0.05) is 34.6 Å². The minimum atomic E-state index is -0.00882. The van der Waals surface area contributed by atoms with Crippen molar-refractivity contribution in [3.05, 3.63) is 21.9 Å². The van der Waals surface area contributed by atoms with Gasteiger partial charge in [0.15, 0.2) is 0 Å². The molecular weight excluding hydrogens is 288 g/mol. The van der Waals surface area contributed by atoms with Gasteiger partial charge in [-0.2, -0.15) is 4.37 Å². The average Bonchev–Trinajstić information content (AvgIpc) is 2.95. The summed E-state index contributed by atoms with van der Waals surface area (Å²) >= 11 is 3.14. The number of hydrogen-bond acceptors (Lipinski definition) is 6. The average molecular weight is 310 g/mol. The molecule has 2 aromatic rings. The van der Waals surface area contributed by atoms with E-state index in [1.54, 1.807) is 11.3 Å². The van der Waals surface area contributed by atoms with Gasteiger partial charge < -0.3 is 5.32 Å². The Kier molecular flexibility index (Phi) is 4.44. The van der Waals surface area contributed by atoms with E-state index in [0.717, 1.165) is 16.6 Å². The highest BCUT2D eigenvalue weighted by atomic mass is 32.1. The van der Waals surface area contributed by atoms with E-state index < -0.39 is 0 Å². The first-order valence-electron chi connectivity index (χ1n) is 6.83. The third-order valence-electron chi connectivity index (χ3n) is 2.91. The van der Waals surface area contributed by atoms with Crippen molar-refractivity contribution in [2.75, 3.05) is 5.32 Å². The molecule has 0 bridgehead atoms. The lowest BCUT2D eigenvalue weighted by atomic mass is 9.96. The molecule has 0 saturated heterocycles. The van der Waals surface area contributed by atoms with Crippen LogP contribution in [0.5, 0.6) is 0 Å². The Morgan fingerprint density at radius 1 is 1.15 bits per heavy atom. The van der Waals surface area contributed by atoms with Crippen LogP contribution >= 0.6 is 22.9 Å². The Labute approximate surface area is 128 Å². The van der Waals surface area contributed by atoms with Gasteiger partial charge in [0.2, 0.25) is 5.13 Å². The van der Waals surface area contributed by atoms with Crippen molar-refractivity contribution in [3.8, 4) is 0 Å². The maximum atomic E-state index is 4.67. The molecule has 20 heavy (non-hydrogen) atoms. The van der Waals surface area contributed by atoms with E-state index in [1.807, 2.05) is 0 Å². The molecule has 0 aliphatic carbocycles. The highest BCUT2D eigenvalue weighted by Crippen LogP contribution is 2.27.